The lowest BCUT2D eigenvalue weighted by atomic mass is 10.1. The number of aldehydes is 1. The number of anilines is 1. The molecule has 0 aliphatic rings. The van der Waals surface area contributed by atoms with Crippen molar-refractivity contribution in [3.63, 3.8) is 0 Å². The first kappa shape index (κ1) is 14.5. The van der Waals surface area contributed by atoms with Crippen molar-refractivity contribution in [1.82, 2.24) is 0 Å². The molecule has 0 saturated carbocycles. The van der Waals surface area contributed by atoms with Crippen LogP contribution in [-0.4, -0.2) is 31.1 Å². The molecule has 100 valence electrons. The van der Waals surface area contributed by atoms with Crippen LogP contribution in [0.4, 0.5) is 18.9 Å². The Balaban J connectivity index is 3.30. The van der Waals surface area contributed by atoms with Gasteiger partial charge in [0.2, 0.25) is 0 Å². The van der Waals surface area contributed by atoms with E-state index in [9.17, 15) is 18.0 Å². The van der Waals surface area contributed by atoms with Gasteiger partial charge in [0, 0.05) is 24.3 Å². The van der Waals surface area contributed by atoms with Crippen LogP contribution in [0.2, 0.25) is 0 Å². The number of hydrogen-bond acceptors (Lipinski definition) is 3. The van der Waals surface area contributed by atoms with E-state index in [1.54, 1.807) is 6.92 Å². The zero-order chi connectivity index (χ0) is 13.9. The lowest BCUT2D eigenvalue weighted by Gasteiger charge is -2.28. The summed E-state index contributed by atoms with van der Waals surface area (Å²) >= 11 is 0. The molecule has 1 rings (SSSR count). The summed E-state index contributed by atoms with van der Waals surface area (Å²) in [5.74, 6) is 0. The van der Waals surface area contributed by atoms with Crippen LogP contribution in [0.1, 0.15) is 22.8 Å². The molecule has 0 radical (unpaired) electrons. The highest BCUT2D eigenvalue weighted by atomic mass is 19.4. The fourth-order valence-electron chi connectivity index (χ4n) is 1.52. The number of aliphatic hydroxyl groups excluding tert-OH is 1. The van der Waals surface area contributed by atoms with Gasteiger partial charge in [0.1, 0.15) is 6.29 Å². The zero-order valence-electron chi connectivity index (χ0n) is 10.0. The maximum atomic E-state index is 12.9. The lowest BCUT2D eigenvalue weighted by Crippen LogP contribution is -2.33. The van der Waals surface area contributed by atoms with Gasteiger partial charge in [-0.2, -0.15) is 13.2 Å². The van der Waals surface area contributed by atoms with E-state index in [0.717, 1.165) is 6.07 Å². The van der Waals surface area contributed by atoms with Crippen molar-refractivity contribution in [1.29, 1.82) is 0 Å². The van der Waals surface area contributed by atoms with Crippen LogP contribution >= 0.6 is 0 Å². The molecule has 0 fully saturated rings. The van der Waals surface area contributed by atoms with E-state index in [4.69, 9.17) is 5.11 Å². The molecule has 3 nitrogen and oxygen atoms in total. The SMILES string of the molecule is CC(CO)N(C)c1ccc(C=O)cc1C(F)(F)F. The highest BCUT2D eigenvalue weighted by Crippen LogP contribution is 2.37. The molecule has 18 heavy (non-hydrogen) atoms. The highest BCUT2D eigenvalue weighted by Gasteiger charge is 2.35. The van der Waals surface area contributed by atoms with Crippen molar-refractivity contribution in [3.05, 3.63) is 29.3 Å². The second-order valence-electron chi connectivity index (χ2n) is 4.03. The maximum Gasteiger partial charge on any atom is 0.418 e. The Kier molecular flexibility index (Phi) is 4.34. The molecule has 0 aliphatic carbocycles. The Morgan fingerprint density at radius 3 is 2.50 bits per heavy atom. The third kappa shape index (κ3) is 3.01. The van der Waals surface area contributed by atoms with Gasteiger partial charge >= 0.3 is 6.18 Å². The maximum absolute atomic E-state index is 12.9. The minimum absolute atomic E-state index is 0.0314. The molecule has 1 atom stereocenters. The Hall–Kier alpha value is -1.56. The zero-order valence-corrected chi connectivity index (χ0v) is 10.0. The van der Waals surface area contributed by atoms with E-state index in [0.29, 0.717) is 6.29 Å². The second-order valence-corrected chi connectivity index (χ2v) is 4.03. The standard InChI is InChI=1S/C12H14F3NO2/c1-8(6-17)16(2)11-4-3-9(7-18)5-10(11)12(13,14)15/h3-5,7-8,17H,6H2,1-2H3. The minimum Gasteiger partial charge on any atom is -0.394 e. The molecule has 0 aliphatic heterocycles. The first-order valence-electron chi connectivity index (χ1n) is 5.31. The molecule has 1 N–H and O–H groups in total. The summed E-state index contributed by atoms with van der Waals surface area (Å²) in [6.45, 7) is 1.34. The highest BCUT2D eigenvalue weighted by molar-refractivity contribution is 5.77. The third-order valence-electron chi connectivity index (χ3n) is 2.77. The summed E-state index contributed by atoms with van der Waals surface area (Å²) in [7, 11) is 1.46. The molecular weight excluding hydrogens is 247 g/mol. The molecule has 0 bridgehead atoms. The van der Waals surface area contributed by atoms with E-state index in [1.807, 2.05) is 0 Å². The number of rotatable bonds is 4. The predicted molar refractivity (Wildman–Crippen MR) is 61.8 cm³/mol. The summed E-state index contributed by atoms with van der Waals surface area (Å²) in [5, 5.41) is 8.98. The van der Waals surface area contributed by atoms with Crippen LogP contribution in [0.5, 0.6) is 0 Å². The van der Waals surface area contributed by atoms with Gasteiger partial charge in [0.05, 0.1) is 12.2 Å². The summed E-state index contributed by atoms with van der Waals surface area (Å²) in [6.07, 6.45) is -4.17. The van der Waals surface area contributed by atoms with Crippen LogP contribution < -0.4 is 4.90 Å². The Bertz CT molecular complexity index is 432. The Morgan fingerprint density at radius 1 is 1.44 bits per heavy atom. The first-order chi connectivity index (χ1) is 8.31. The van der Waals surface area contributed by atoms with Gasteiger partial charge in [-0.3, -0.25) is 4.79 Å². The van der Waals surface area contributed by atoms with Crippen molar-refractivity contribution >= 4 is 12.0 Å². The van der Waals surface area contributed by atoms with Gasteiger partial charge in [-0.05, 0) is 25.1 Å². The molecule has 1 aromatic rings. The number of halogens is 3. The number of alkyl halides is 3. The smallest absolute Gasteiger partial charge is 0.394 e. The quantitative estimate of drug-likeness (QED) is 0.846. The summed E-state index contributed by atoms with van der Waals surface area (Å²) < 4.78 is 38.7. The van der Waals surface area contributed by atoms with Crippen molar-refractivity contribution in [2.45, 2.75) is 19.1 Å². The number of benzene rings is 1. The second kappa shape index (κ2) is 5.39. The summed E-state index contributed by atoms with van der Waals surface area (Å²) in [4.78, 5) is 11.9. The van der Waals surface area contributed by atoms with Crippen LogP contribution in [-0.2, 0) is 6.18 Å². The van der Waals surface area contributed by atoms with Crippen molar-refractivity contribution in [2.24, 2.45) is 0 Å². The lowest BCUT2D eigenvalue weighted by molar-refractivity contribution is -0.137. The van der Waals surface area contributed by atoms with Gasteiger partial charge in [-0.1, -0.05) is 0 Å². The Morgan fingerprint density at radius 2 is 2.06 bits per heavy atom. The first-order valence-corrected chi connectivity index (χ1v) is 5.31. The number of carbonyl (C=O) groups is 1. The van der Waals surface area contributed by atoms with Crippen molar-refractivity contribution in [2.75, 3.05) is 18.6 Å². The minimum atomic E-state index is -4.54. The number of likely N-dealkylation sites (N-methyl/N-ethyl adjacent to an activating group) is 1. The molecule has 0 saturated heterocycles. The molecule has 0 heterocycles. The molecule has 0 aromatic heterocycles. The number of nitrogens with zero attached hydrogens (tertiary/aromatic N) is 1. The Labute approximate surface area is 103 Å². The molecule has 1 unspecified atom stereocenters. The van der Waals surface area contributed by atoms with Gasteiger partial charge in [0.25, 0.3) is 0 Å². The largest absolute Gasteiger partial charge is 0.418 e. The number of hydrogen-bond donors (Lipinski definition) is 1. The molecule has 1 aromatic carbocycles. The van der Waals surface area contributed by atoms with Gasteiger partial charge in [-0.15, -0.1) is 0 Å². The fourth-order valence-corrected chi connectivity index (χ4v) is 1.52. The number of carbonyl (C=O) groups excluding carboxylic acids is 1. The van der Waals surface area contributed by atoms with Crippen LogP contribution in [0.15, 0.2) is 18.2 Å². The van der Waals surface area contributed by atoms with Crippen LogP contribution in [0, 0.1) is 0 Å². The topological polar surface area (TPSA) is 40.5 Å². The van der Waals surface area contributed by atoms with E-state index >= 15 is 0 Å². The normalized spacial score (nSPS) is 13.2. The third-order valence-corrected chi connectivity index (χ3v) is 2.77. The van der Waals surface area contributed by atoms with Crippen molar-refractivity contribution < 1.29 is 23.1 Å². The van der Waals surface area contributed by atoms with Crippen molar-refractivity contribution in [3.8, 4) is 0 Å². The van der Waals surface area contributed by atoms with Gasteiger partial charge in [0.15, 0.2) is 0 Å². The molecular formula is C12H14F3NO2. The molecule has 0 amide bonds. The van der Waals surface area contributed by atoms with E-state index in [2.05, 4.69) is 0 Å². The van der Waals surface area contributed by atoms with Crippen LogP contribution in [0.3, 0.4) is 0 Å². The average Bonchev–Trinajstić information content (AvgIpc) is 2.35. The number of aliphatic hydroxyl groups is 1. The summed E-state index contributed by atoms with van der Waals surface area (Å²) in [5.41, 5.74) is -0.972. The monoisotopic (exact) mass is 261 g/mol. The average molecular weight is 261 g/mol. The van der Waals surface area contributed by atoms with Crippen LogP contribution in [0.25, 0.3) is 0 Å². The predicted octanol–water partition coefficient (Wildman–Crippen LogP) is 2.33. The van der Waals surface area contributed by atoms with E-state index in [1.165, 1.54) is 24.1 Å². The molecule has 6 heteroatoms. The van der Waals surface area contributed by atoms with E-state index < -0.39 is 17.8 Å². The molecule has 0 spiro atoms. The van der Waals surface area contributed by atoms with Gasteiger partial charge in [-0.25, -0.2) is 0 Å². The fraction of sp³-hybridized carbons (Fsp3) is 0.417. The van der Waals surface area contributed by atoms with Gasteiger partial charge < -0.3 is 10.0 Å². The summed E-state index contributed by atoms with van der Waals surface area (Å²) in [6, 6.07) is 2.91. The van der Waals surface area contributed by atoms with E-state index in [-0.39, 0.29) is 17.9 Å².